The molecule has 0 spiro atoms. The summed E-state index contributed by atoms with van der Waals surface area (Å²) in [7, 11) is 1.60. The summed E-state index contributed by atoms with van der Waals surface area (Å²) in [6, 6.07) is 25.1. The molecule has 2 amide bonds. The number of amides is 2. The van der Waals surface area contributed by atoms with Crippen molar-refractivity contribution in [3.63, 3.8) is 0 Å². The Morgan fingerprint density at radius 2 is 1.71 bits per heavy atom. The van der Waals surface area contributed by atoms with E-state index in [4.69, 9.17) is 4.74 Å². The highest BCUT2D eigenvalue weighted by atomic mass is 16.5. The first-order valence-electron chi connectivity index (χ1n) is 11.0. The summed E-state index contributed by atoms with van der Waals surface area (Å²) < 4.78 is 5.14. The third-order valence-electron chi connectivity index (χ3n) is 5.55. The van der Waals surface area contributed by atoms with Gasteiger partial charge in [0.1, 0.15) is 11.5 Å². The summed E-state index contributed by atoms with van der Waals surface area (Å²) in [6.07, 6.45) is 0.228. The number of methoxy groups -OCH3 is 1. The topological polar surface area (TPSA) is 100 Å². The normalized spacial score (nSPS) is 11.2. The third-order valence-corrected chi connectivity index (χ3v) is 5.55. The molecule has 4 aromatic carbocycles. The summed E-state index contributed by atoms with van der Waals surface area (Å²) in [5, 5.41) is 18.8. The SMILES string of the molecule is COc1ccc(CC(=O)Nc2cccc(C(C)=NNC(=O)c3c(O)ccc4ccccc34)c2)cc1. The van der Waals surface area contributed by atoms with Crippen molar-refractivity contribution in [3.8, 4) is 11.5 Å². The van der Waals surface area contributed by atoms with Crippen molar-refractivity contribution in [1.29, 1.82) is 0 Å². The molecule has 0 aliphatic carbocycles. The monoisotopic (exact) mass is 467 g/mol. The Morgan fingerprint density at radius 3 is 2.49 bits per heavy atom. The zero-order chi connectivity index (χ0) is 24.8. The van der Waals surface area contributed by atoms with Crippen LogP contribution in [0.1, 0.15) is 28.4 Å². The molecule has 0 saturated carbocycles. The number of anilines is 1. The number of hydrogen-bond donors (Lipinski definition) is 3. The summed E-state index contributed by atoms with van der Waals surface area (Å²) in [6.45, 7) is 1.75. The molecule has 0 bridgehead atoms. The van der Waals surface area contributed by atoms with Crippen LogP contribution in [0.2, 0.25) is 0 Å². The van der Waals surface area contributed by atoms with Crippen molar-refractivity contribution in [2.45, 2.75) is 13.3 Å². The van der Waals surface area contributed by atoms with Gasteiger partial charge >= 0.3 is 0 Å². The fraction of sp³-hybridized carbons (Fsp3) is 0.107. The van der Waals surface area contributed by atoms with Crippen LogP contribution in [0, 0.1) is 0 Å². The van der Waals surface area contributed by atoms with Gasteiger partial charge in [-0.2, -0.15) is 5.10 Å². The first kappa shape index (κ1) is 23.5. The lowest BCUT2D eigenvalue weighted by Crippen LogP contribution is -2.20. The largest absolute Gasteiger partial charge is 0.507 e. The van der Waals surface area contributed by atoms with Gasteiger partial charge in [0.2, 0.25) is 5.91 Å². The number of phenols is 1. The lowest BCUT2D eigenvalue weighted by molar-refractivity contribution is -0.115. The molecule has 176 valence electrons. The highest BCUT2D eigenvalue weighted by Gasteiger charge is 2.15. The Bertz CT molecular complexity index is 1410. The number of nitrogens with one attached hydrogen (secondary N) is 2. The predicted octanol–water partition coefficient (Wildman–Crippen LogP) is 4.89. The Kier molecular flexibility index (Phi) is 7.07. The minimum atomic E-state index is -0.511. The van der Waals surface area contributed by atoms with Crippen molar-refractivity contribution in [3.05, 3.63) is 102 Å². The molecule has 7 nitrogen and oxygen atoms in total. The molecule has 7 heteroatoms. The Labute approximate surface area is 203 Å². The van der Waals surface area contributed by atoms with Crippen LogP contribution in [0.25, 0.3) is 10.8 Å². The van der Waals surface area contributed by atoms with Crippen LogP contribution in [0.5, 0.6) is 11.5 Å². The number of carbonyl (C=O) groups is 2. The molecule has 0 atom stereocenters. The lowest BCUT2D eigenvalue weighted by Gasteiger charge is -2.10. The van der Waals surface area contributed by atoms with Crippen LogP contribution in [-0.4, -0.2) is 29.7 Å². The van der Waals surface area contributed by atoms with Gasteiger partial charge in [0, 0.05) is 5.69 Å². The van der Waals surface area contributed by atoms with Gasteiger partial charge in [-0.05, 0) is 59.2 Å². The Balaban J connectivity index is 1.44. The maximum atomic E-state index is 12.8. The van der Waals surface area contributed by atoms with E-state index in [9.17, 15) is 14.7 Å². The van der Waals surface area contributed by atoms with Crippen LogP contribution < -0.4 is 15.5 Å². The standard InChI is InChI=1S/C28H25N3O4/c1-18(30-31-28(34)27-24-9-4-3-6-20(24)12-15-25(27)32)21-7-5-8-22(17-21)29-26(33)16-19-10-13-23(35-2)14-11-19/h3-15,17,32H,16H2,1-2H3,(H,29,33)(H,31,34). The van der Waals surface area contributed by atoms with Crippen molar-refractivity contribution in [2.24, 2.45) is 5.10 Å². The van der Waals surface area contributed by atoms with Crippen LogP contribution in [-0.2, 0) is 11.2 Å². The van der Waals surface area contributed by atoms with E-state index in [1.165, 1.54) is 6.07 Å². The quantitative estimate of drug-likeness (QED) is 0.266. The summed E-state index contributed by atoms with van der Waals surface area (Å²) in [4.78, 5) is 25.3. The van der Waals surface area contributed by atoms with Gasteiger partial charge in [-0.3, -0.25) is 9.59 Å². The maximum Gasteiger partial charge on any atom is 0.275 e. The fourth-order valence-electron chi connectivity index (χ4n) is 3.71. The number of fused-ring (bicyclic) bond motifs is 1. The Morgan fingerprint density at radius 1 is 0.943 bits per heavy atom. The Hall–Kier alpha value is -4.65. The molecule has 0 saturated heterocycles. The number of ether oxygens (including phenoxy) is 1. The number of benzene rings is 4. The second-order valence-electron chi connectivity index (χ2n) is 7.97. The number of rotatable bonds is 7. The highest BCUT2D eigenvalue weighted by Crippen LogP contribution is 2.27. The molecule has 0 heterocycles. The average molecular weight is 468 g/mol. The zero-order valence-electron chi connectivity index (χ0n) is 19.4. The van der Waals surface area contributed by atoms with E-state index in [2.05, 4.69) is 15.8 Å². The molecule has 3 N–H and O–H groups in total. The van der Waals surface area contributed by atoms with E-state index >= 15 is 0 Å². The maximum absolute atomic E-state index is 12.8. The second kappa shape index (κ2) is 10.5. The number of hydrazone groups is 1. The number of aromatic hydroxyl groups is 1. The summed E-state index contributed by atoms with van der Waals surface area (Å²) >= 11 is 0. The molecule has 4 aromatic rings. The molecule has 0 fully saturated rings. The molecule has 0 unspecified atom stereocenters. The van der Waals surface area contributed by atoms with Crippen molar-refractivity contribution in [1.82, 2.24) is 5.43 Å². The van der Waals surface area contributed by atoms with Crippen LogP contribution in [0.4, 0.5) is 5.69 Å². The molecule has 0 aromatic heterocycles. The average Bonchev–Trinajstić information content (AvgIpc) is 2.87. The van der Waals surface area contributed by atoms with Gasteiger partial charge in [0.05, 0.1) is 24.8 Å². The number of carbonyl (C=O) groups excluding carboxylic acids is 2. The van der Waals surface area contributed by atoms with E-state index in [0.29, 0.717) is 16.8 Å². The zero-order valence-corrected chi connectivity index (χ0v) is 19.4. The number of hydrogen-bond acceptors (Lipinski definition) is 5. The van der Waals surface area contributed by atoms with Crippen LogP contribution >= 0.6 is 0 Å². The molecule has 4 rings (SSSR count). The third kappa shape index (κ3) is 5.65. The van der Waals surface area contributed by atoms with Gasteiger partial charge in [0.15, 0.2) is 0 Å². The summed E-state index contributed by atoms with van der Waals surface area (Å²) in [5.74, 6) is -0.0424. The minimum Gasteiger partial charge on any atom is -0.507 e. The van der Waals surface area contributed by atoms with Gasteiger partial charge in [-0.25, -0.2) is 5.43 Å². The molecule has 35 heavy (non-hydrogen) atoms. The van der Waals surface area contributed by atoms with Crippen molar-refractivity contribution >= 4 is 34.0 Å². The fourth-order valence-corrected chi connectivity index (χ4v) is 3.71. The number of nitrogens with zero attached hydrogens (tertiary/aromatic N) is 1. The molecular formula is C28H25N3O4. The molecule has 0 aliphatic rings. The first-order chi connectivity index (χ1) is 16.9. The molecule has 0 aliphatic heterocycles. The second-order valence-corrected chi connectivity index (χ2v) is 7.97. The van der Waals surface area contributed by atoms with Gasteiger partial charge in [-0.1, -0.05) is 54.6 Å². The predicted molar refractivity (Wildman–Crippen MR) is 137 cm³/mol. The first-order valence-corrected chi connectivity index (χ1v) is 11.0. The van der Waals surface area contributed by atoms with Crippen molar-refractivity contribution < 1.29 is 19.4 Å². The van der Waals surface area contributed by atoms with E-state index < -0.39 is 5.91 Å². The van der Waals surface area contributed by atoms with E-state index in [-0.39, 0.29) is 23.6 Å². The van der Waals surface area contributed by atoms with Crippen LogP contribution in [0.3, 0.4) is 0 Å². The highest BCUT2D eigenvalue weighted by molar-refractivity contribution is 6.10. The smallest absolute Gasteiger partial charge is 0.275 e. The summed E-state index contributed by atoms with van der Waals surface area (Å²) in [5.41, 5.74) is 5.46. The van der Waals surface area contributed by atoms with E-state index in [1.807, 2.05) is 48.5 Å². The lowest BCUT2D eigenvalue weighted by atomic mass is 10.0. The molecule has 0 radical (unpaired) electrons. The van der Waals surface area contributed by atoms with Gasteiger partial charge in [-0.15, -0.1) is 0 Å². The number of phenolic OH excluding ortho intramolecular Hbond substituents is 1. The molecular weight excluding hydrogens is 442 g/mol. The van der Waals surface area contributed by atoms with E-state index in [1.54, 1.807) is 44.4 Å². The van der Waals surface area contributed by atoms with Gasteiger partial charge in [0.25, 0.3) is 5.91 Å². The minimum absolute atomic E-state index is 0.115. The van der Waals surface area contributed by atoms with Gasteiger partial charge < -0.3 is 15.2 Å². The van der Waals surface area contributed by atoms with Crippen molar-refractivity contribution in [2.75, 3.05) is 12.4 Å². The van der Waals surface area contributed by atoms with Crippen LogP contribution in [0.15, 0.2) is 90.0 Å². The van der Waals surface area contributed by atoms with E-state index in [0.717, 1.165) is 22.3 Å².